The second-order valence-electron chi connectivity index (χ2n) is 5.89. The van der Waals surface area contributed by atoms with Crippen LogP contribution in [0.3, 0.4) is 0 Å². The van der Waals surface area contributed by atoms with Crippen molar-refractivity contribution < 1.29 is 4.79 Å². The molecule has 118 valence electrons. The lowest BCUT2D eigenvalue weighted by Gasteiger charge is -2.18. The molecule has 0 unspecified atom stereocenters. The van der Waals surface area contributed by atoms with Crippen LogP contribution in [-0.4, -0.2) is 32.0 Å². The van der Waals surface area contributed by atoms with Crippen LogP contribution in [0.2, 0.25) is 0 Å². The predicted octanol–water partition coefficient (Wildman–Crippen LogP) is 1.88. The number of amides is 1. The molecule has 0 atom stereocenters. The van der Waals surface area contributed by atoms with Crippen LogP contribution < -0.4 is 16.0 Å². The zero-order chi connectivity index (χ0) is 15.9. The highest BCUT2D eigenvalue weighted by molar-refractivity contribution is 7.10. The number of hydrogen-bond acceptors (Lipinski definition) is 3. The third-order valence-electron chi connectivity index (χ3n) is 2.99. The minimum atomic E-state index is -0.351. The summed E-state index contributed by atoms with van der Waals surface area (Å²) >= 11 is 1.73. The van der Waals surface area contributed by atoms with Crippen molar-refractivity contribution >= 4 is 23.2 Å². The Morgan fingerprint density at radius 3 is 2.43 bits per heavy atom. The zero-order valence-corrected chi connectivity index (χ0v) is 14.4. The summed E-state index contributed by atoms with van der Waals surface area (Å²) in [4.78, 5) is 17.2. The van der Waals surface area contributed by atoms with Crippen LogP contribution in [-0.2, 0) is 11.3 Å². The number of guanidine groups is 1. The molecular formula is C15H26N4OS. The van der Waals surface area contributed by atoms with E-state index < -0.39 is 0 Å². The monoisotopic (exact) mass is 310 g/mol. The highest BCUT2D eigenvalue weighted by atomic mass is 32.1. The molecule has 0 radical (unpaired) electrons. The van der Waals surface area contributed by atoms with E-state index in [-0.39, 0.29) is 11.3 Å². The maximum atomic E-state index is 11.7. The molecule has 0 spiro atoms. The van der Waals surface area contributed by atoms with Crippen molar-refractivity contribution in [3.8, 4) is 0 Å². The van der Waals surface area contributed by atoms with Gasteiger partial charge in [0.25, 0.3) is 0 Å². The molecule has 0 saturated heterocycles. The van der Waals surface area contributed by atoms with E-state index in [4.69, 9.17) is 0 Å². The topological polar surface area (TPSA) is 65.5 Å². The summed E-state index contributed by atoms with van der Waals surface area (Å²) in [6.45, 7) is 9.79. The van der Waals surface area contributed by atoms with Crippen LogP contribution in [0.15, 0.2) is 16.4 Å². The Bertz CT molecular complexity index is 488. The maximum absolute atomic E-state index is 11.7. The molecule has 0 fully saturated rings. The van der Waals surface area contributed by atoms with Gasteiger partial charge < -0.3 is 16.0 Å². The van der Waals surface area contributed by atoms with Crippen molar-refractivity contribution in [1.29, 1.82) is 0 Å². The molecule has 1 aromatic heterocycles. The molecule has 3 N–H and O–H groups in total. The summed E-state index contributed by atoms with van der Waals surface area (Å²) in [6, 6.07) is 2.11. The van der Waals surface area contributed by atoms with Gasteiger partial charge in [-0.05, 0) is 23.9 Å². The van der Waals surface area contributed by atoms with Crippen molar-refractivity contribution in [3.63, 3.8) is 0 Å². The third kappa shape index (κ3) is 6.16. The van der Waals surface area contributed by atoms with Gasteiger partial charge in [-0.25, -0.2) is 0 Å². The molecule has 0 bridgehead atoms. The van der Waals surface area contributed by atoms with E-state index in [1.165, 1.54) is 10.4 Å². The van der Waals surface area contributed by atoms with Crippen LogP contribution in [0.1, 0.15) is 31.2 Å². The van der Waals surface area contributed by atoms with Crippen molar-refractivity contribution in [2.75, 3.05) is 20.1 Å². The summed E-state index contributed by atoms with van der Waals surface area (Å²) in [7, 11) is 1.74. The van der Waals surface area contributed by atoms with Crippen LogP contribution in [0.25, 0.3) is 0 Å². The SMILES string of the molecule is CN=C(NCCNC(=O)C(C)(C)C)NCc1sccc1C. The number of rotatable bonds is 5. The van der Waals surface area contributed by atoms with Crippen molar-refractivity contribution in [1.82, 2.24) is 16.0 Å². The third-order valence-corrected chi connectivity index (χ3v) is 4.02. The molecule has 1 amide bonds. The lowest BCUT2D eigenvalue weighted by atomic mass is 9.96. The van der Waals surface area contributed by atoms with Crippen LogP contribution in [0.5, 0.6) is 0 Å². The Morgan fingerprint density at radius 1 is 1.24 bits per heavy atom. The van der Waals surface area contributed by atoms with Crippen LogP contribution >= 0.6 is 11.3 Å². The summed E-state index contributed by atoms with van der Waals surface area (Å²) in [5.74, 6) is 0.800. The van der Waals surface area contributed by atoms with Gasteiger partial charge in [0, 0.05) is 30.4 Å². The molecule has 1 rings (SSSR count). The minimum absolute atomic E-state index is 0.0569. The average Bonchev–Trinajstić information content (AvgIpc) is 2.82. The highest BCUT2D eigenvalue weighted by Gasteiger charge is 2.20. The normalized spacial score (nSPS) is 12.1. The summed E-state index contributed by atoms with van der Waals surface area (Å²) < 4.78 is 0. The fraction of sp³-hybridized carbons (Fsp3) is 0.600. The van der Waals surface area contributed by atoms with Crippen molar-refractivity contribution in [2.45, 2.75) is 34.2 Å². The summed E-state index contributed by atoms with van der Waals surface area (Å²) in [5, 5.41) is 11.4. The highest BCUT2D eigenvalue weighted by Crippen LogP contribution is 2.14. The second-order valence-corrected chi connectivity index (χ2v) is 6.89. The van der Waals surface area contributed by atoms with Gasteiger partial charge in [-0.15, -0.1) is 11.3 Å². The first-order valence-corrected chi connectivity index (χ1v) is 7.98. The number of thiophene rings is 1. The van der Waals surface area contributed by atoms with Crippen LogP contribution in [0.4, 0.5) is 0 Å². The zero-order valence-electron chi connectivity index (χ0n) is 13.5. The van der Waals surface area contributed by atoms with E-state index in [1.807, 2.05) is 20.8 Å². The Balaban J connectivity index is 2.26. The standard InChI is InChI=1S/C15H26N4OS/c1-11-6-9-21-12(11)10-19-14(16-5)18-8-7-17-13(20)15(2,3)4/h6,9H,7-8,10H2,1-5H3,(H,17,20)(H2,16,18,19). The first kappa shape index (κ1) is 17.5. The number of carbonyl (C=O) groups is 1. The molecule has 0 aliphatic rings. The number of nitrogens with one attached hydrogen (secondary N) is 3. The Labute approximate surface area is 131 Å². The lowest BCUT2D eigenvalue weighted by molar-refractivity contribution is -0.128. The quantitative estimate of drug-likeness (QED) is 0.442. The molecule has 5 nitrogen and oxygen atoms in total. The van der Waals surface area contributed by atoms with E-state index in [0.29, 0.717) is 13.1 Å². The summed E-state index contributed by atoms with van der Waals surface area (Å²) in [5.41, 5.74) is 0.941. The van der Waals surface area contributed by atoms with Gasteiger partial charge in [0.1, 0.15) is 0 Å². The lowest BCUT2D eigenvalue weighted by Crippen LogP contribution is -2.43. The first-order valence-electron chi connectivity index (χ1n) is 7.10. The number of hydrogen-bond donors (Lipinski definition) is 3. The second kappa shape index (κ2) is 8.02. The molecule has 1 aromatic rings. The first-order chi connectivity index (χ1) is 9.84. The number of carbonyl (C=O) groups excluding carboxylic acids is 1. The smallest absolute Gasteiger partial charge is 0.225 e. The average molecular weight is 310 g/mol. The van der Waals surface area contributed by atoms with Gasteiger partial charge in [-0.2, -0.15) is 0 Å². The van der Waals surface area contributed by atoms with Gasteiger partial charge in [-0.1, -0.05) is 20.8 Å². The molecule has 0 aromatic carbocycles. The number of aryl methyl sites for hydroxylation is 1. The molecule has 1 heterocycles. The Kier molecular flexibility index (Phi) is 6.68. The number of aliphatic imine (C=N–C) groups is 1. The largest absolute Gasteiger partial charge is 0.355 e. The van der Waals surface area contributed by atoms with Gasteiger partial charge in [0.2, 0.25) is 5.91 Å². The van der Waals surface area contributed by atoms with Gasteiger partial charge in [0.05, 0.1) is 6.54 Å². The summed E-state index contributed by atoms with van der Waals surface area (Å²) in [6.07, 6.45) is 0. The molecule has 6 heteroatoms. The van der Waals surface area contributed by atoms with E-state index in [0.717, 1.165) is 12.5 Å². The van der Waals surface area contributed by atoms with Gasteiger partial charge in [0.15, 0.2) is 5.96 Å². The van der Waals surface area contributed by atoms with Crippen LogP contribution in [0, 0.1) is 12.3 Å². The molecule has 21 heavy (non-hydrogen) atoms. The van der Waals surface area contributed by atoms with Gasteiger partial charge >= 0.3 is 0 Å². The molecule has 0 aliphatic heterocycles. The Morgan fingerprint density at radius 2 is 1.90 bits per heavy atom. The van der Waals surface area contributed by atoms with E-state index >= 15 is 0 Å². The minimum Gasteiger partial charge on any atom is -0.355 e. The molecular weight excluding hydrogens is 284 g/mol. The number of nitrogens with zero attached hydrogens (tertiary/aromatic N) is 1. The fourth-order valence-electron chi connectivity index (χ4n) is 1.59. The maximum Gasteiger partial charge on any atom is 0.225 e. The van der Waals surface area contributed by atoms with E-state index in [9.17, 15) is 4.79 Å². The molecule has 0 aliphatic carbocycles. The Hall–Kier alpha value is -1.56. The van der Waals surface area contributed by atoms with Crippen molar-refractivity contribution in [2.24, 2.45) is 10.4 Å². The predicted molar refractivity (Wildman–Crippen MR) is 89.7 cm³/mol. The van der Waals surface area contributed by atoms with E-state index in [2.05, 4.69) is 39.3 Å². The molecule has 0 saturated carbocycles. The van der Waals surface area contributed by atoms with Crippen molar-refractivity contribution in [3.05, 3.63) is 21.9 Å². The van der Waals surface area contributed by atoms with Gasteiger partial charge in [-0.3, -0.25) is 9.79 Å². The van der Waals surface area contributed by atoms with E-state index in [1.54, 1.807) is 18.4 Å². The fourth-order valence-corrected chi connectivity index (χ4v) is 2.44.